The molecule has 1 aromatic heterocycles. The van der Waals surface area contributed by atoms with E-state index in [0.29, 0.717) is 79.0 Å². The van der Waals surface area contributed by atoms with Crippen LogP contribution in [-0.2, 0) is 36.0 Å². The van der Waals surface area contributed by atoms with E-state index in [0.717, 1.165) is 53.6 Å². The molecule has 2 aliphatic rings. The molecule has 352 valence electrons. The lowest BCUT2D eigenvalue weighted by Gasteiger charge is -2.29. The lowest BCUT2D eigenvalue weighted by Crippen LogP contribution is -2.37. The van der Waals surface area contributed by atoms with Crippen LogP contribution in [0.2, 0.25) is 10.0 Å². The van der Waals surface area contributed by atoms with Gasteiger partial charge in [0, 0.05) is 61.8 Å². The quantitative estimate of drug-likeness (QED) is 0.0962. The monoisotopic (exact) mass is 974 g/mol. The van der Waals surface area contributed by atoms with Gasteiger partial charge in [0.25, 0.3) is 27.7 Å². The van der Waals surface area contributed by atoms with Crippen molar-refractivity contribution in [3.63, 3.8) is 0 Å². The number of hydrogen-bond donors (Lipinski definition) is 2. The van der Waals surface area contributed by atoms with Crippen molar-refractivity contribution in [3.8, 4) is 16.8 Å². The van der Waals surface area contributed by atoms with E-state index in [1.54, 1.807) is 59.2 Å². The molecule has 6 aromatic rings. The van der Waals surface area contributed by atoms with Crippen LogP contribution in [0.1, 0.15) is 109 Å². The smallest absolute Gasteiger partial charge is 0.335 e. The maximum Gasteiger partial charge on any atom is 0.335 e. The summed E-state index contributed by atoms with van der Waals surface area (Å²) in [7, 11) is -4.39. The first kappa shape index (κ1) is 48.0. The molecule has 2 aliphatic heterocycles. The minimum absolute atomic E-state index is 0.0697. The van der Waals surface area contributed by atoms with Crippen LogP contribution in [0.3, 0.4) is 0 Å². The Morgan fingerprint density at radius 2 is 1.44 bits per heavy atom. The van der Waals surface area contributed by atoms with E-state index in [9.17, 15) is 32.7 Å². The molecule has 0 saturated carbocycles. The highest BCUT2D eigenvalue weighted by Crippen LogP contribution is 2.35. The Kier molecular flexibility index (Phi) is 14.4. The number of carbonyl (C=O) groups excluding carboxylic acids is 3. The van der Waals surface area contributed by atoms with Crippen LogP contribution in [-0.4, -0.2) is 83.0 Å². The van der Waals surface area contributed by atoms with Gasteiger partial charge in [-0.2, -0.15) is 5.10 Å². The number of carboxylic acids is 1. The van der Waals surface area contributed by atoms with Crippen LogP contribution in [0.4, 0.5) is 5.69 Å². The summed E-state index contributed by atoms with van der Waals surface area (Å²) < 4.78 is 31.6. The minimum Gasteiger partial charge on any atom is -0.478 e. The fourth-order valence-electron chi connectivity index (χ4n) is 8.92. The molecule has 0 unspecified atom stereocenters. The van der Waals surface area contributed by atoms with Gasteiger partial charge in [-0.25, -0.2) is 22.6 Å². The molecule has 2 N–H and O–H groups in total. The number of aromatic carboxylic acids is 1. The number of sulfonamides is 1. The van der Waals surface area contributed by atoms with Gasteiger partial charge in [-0.15, -0.1) is 0 Å². The number of aromatic nitrogens is 2. The van der Waals surface area contributed by atoms with E-state index in [4.69, 9.17) is 28.3 Å². The van der Waals surface area contributed by atoms with Gasteiger partial charge in [-0.3, -0.25) is 14.4 Å². The SMILES string of the molecule is CCCCN(CCCC)C(=O)c1nn(-c2ccc(C(=O)NS(=O)(=O)c3ccc4c(c3)CCN4Cc3ccc(Cl)c(Cl)c3)cc2C(=O)N2CCc3ccccc3C2)c(C)c1-c1ccc(C(=O)O)cc1. The van der Waals surface area contributed by atoms with Gasteiger partial charge in [0.1, 0.15) is 0 Å². The van der Waals surface area contributed by atoms with Gasteiger partial charge in [0.15, 0.2) is 5.69 Å². The summed E-state index contributed by atoms with van der Waals surface area (Å²) in [6, 6.07) is 28.7. The van der Waals surface area contributed by atoms with Crippen molar-refractivity contribution in [2.45, 2.75) is 77.3 Å². The predicted molar refractivity (Wildman–Crippen MR) is 264 cm³/mol. The minimum atomic E-state index is -4.39. The average molecular weight is 976 g/mol. The van der Waals surface area contributed by atoms with E-state index in [1.807, 2.05) is 30.3 Å². The van der Waals surface area contributed by atoms with Crippen molar-refractivity contribution < 1.29 is 32.7 Å². The summed E-state index contributed by atoms with van der Waals surface area (Å²) in [5.74, 6) is -2.76. The lowest BCUT2D eigenvalue weighted by molar-refractivity contribution is 0.0693. The Balaban J connectivity index is 1.16. The number of unbranched alkanes of at least 4 members (excludes halogenated alkanes) is 2. The van der Waals surface area contributed by atoms with E-state index in [2.05, 4.69) is 23.5 Å². The highest BCUT2D eigenvalue weighted by Gasteiger charge is 2.32. The standard InChI is InChI=1S/C52H52Cl2N6O7S/c1-4-6-24-57(25-7-5-2)51(63)48-47(36-13-15-37(16-14-36)52(64)65)33(3)60(55-48)46-20-17-39(30-42(46)50(62)59-27-22-35-10-8-9-11-40(35)32-59)49(61)56-68(66,67)41-18-21-45-38(29-41)23-26-58(45)31-34-12-19-43(53)44(54)28-34/h8-21,28-30H,4-7,22-27,31-32H2,1-3H3,(H,56,61)(H,64,65). The second-order valence-corrected chi connectivity index (χ2v) is 19.7. The normalized spacial score (nSPS) is 13.2. The third-order valence-corrected chi connectivity index (χ3v) is 14.7. The third-order valence-electron chi connectivity index (χ3n) is 12.7. The highest BCUT2D eigenvalue weighted by molar-refractivity contribution is 7.90. The Morgan fingerprint density at radius 3 is 2.13 bits per heavy atom. The van der Waals surface area contributed by atoms with Gasteiger partial charge in [0.05, 0.1) is 31.8 Å². The van der Waals surface area contributed by atoms with Crippen LogP contribution < -0.4 is 9.62 Å². The van der Waals surface area contributed by atoms with Gasteiger partial charge < -0.3 is 19.8 Å². The molecule has 68 heavy (non-hydrogen) atoms. The molecule has 16 heteroatoms. The molecule has 0 bridgehead atoms. The largest absolute Gasteiger partial charge is 0.478 e. The Hall–Kier alpha value is -6.48. The number of rotatable bonds is 16. The van der Waals surface area contributed by atoms with E-state index in [1.165, 1.54) is 35.0 Å². The number of carboxylic acid groups (broad SMARTS) is 1. The average Bonchev–Trinajstić information content (AvgIpc) is 3.91. The third kappa shape index (κ3) is 10.0. The summed E-state index contributed by atoms with van der Waals surface area (Å²) in [4.78, 5) is 61.0. The number of anilines is 1. The Labute approximate surface area is 406 Å². The molecule has 3 amide bonds. The van der Waals surface area contributed by atoms with E-state index < -0.39 is 27.8 Å². The molecule has 0 fully saturated rings. The number of halogens is 2. The molecule has 13 nitrogen and oxygen atoms in total. The van der Waals surface area contributed by atoms with Crippen molar-refractivity contribution in [1.82, 2.24) is 24.3 Å². The molecule has 3 heterocycles. The number of amides is 3. The second kappa shape index (κ2) is 20.4. The molecular weight excluding hydrogens is 924 g/mol. The van der Waals surface area contributed by atoms with Crippen molar-refractivity contribution in [3.05, 3.63) is 164 Å². The maximum atomic E-state index is 14.9. The highest BCUT2D eigenvalue weighted by atomic mass is 35.5. The van der Waals surface area contributed by atoms with Crippen molar-refractivity contribution >= 4 is 62.6 Å². The first-order chi connectivity index (χ1) is 32.7. The first-order valence-electron chi connectivity index (χ1n) is 22.8. The number of carbonyl (C=O) groups is 4. The molecular formula is C52H52Cl2N6O7S. The molecule has 0 atom stereocenters. The van der Waals surface area contributed by atoms with Crippen LogP contribution in [0, 0.1) is 6.92 Å². The summed E-state index contributed by atoms with van der Waals surface area (Å²) in [5.41, 5.74) is 6.71. The van der Waals surface area contributed by atoms with Gasteiger partial charge in [-0.05, 0) is 121 Å². The topological polar surface area (TPSA) is 162 Å². The Morgan fingerprint density at radius 1 is 0.765 bits per heavy atom. The molecule has 0 spiro atoms. The zero-order valence-electron chi connectivity index (χ0n) is 38.1. The van der Waals surface area contributed by atoms with Crippen LogP contribution >= 0.6 is 23.2 Å². The van der Waals surface area contributed by atoms with Crippen molar-refractivity contribution in [1.29, 1.82) is 0 Å². The fourth-order valence-corrected chi connectivity index (χ4v) is 10.3. The number of hydrogen-bond acceptors (Lipinski definition) is 8. The Bertz CT molecular complexity index is 3040. The van der Waals surface area contributed by atoms with Gasteiger partial charge in [-0.1, -0.05) is 92.4 Å². The zero-order chi connectivity index (χ0) is 48.3. The number of nitrogens with one attached hydrogen (secondary N) is 1. The summed E-state index contributed by atoms with van der Waals surface area (Å²) in [6.07, 6.45) is 4.49. The lowest BCUT2D eigenvalue weighted by atomic mass is 9.98. The van der Waals surface area contributed by atoms with Crippen molar-refractivity contribution in [2.24, 2.45) is 0 Å². The zero-order valence-corrected chi connectivity index (χ0v) is 40.4. The number of benzene rings is 5. The molecule has 5 aromatic carbocycles. The van der Waals surface area contributed by atoms with Crippen LogP contribution in [0.5, 0.6) is 0 Å². The number of nitrogens with zero attached hydrogens (tertiary/aromatic N) is 5. The van der Waals surface area contributed by atoms with Gasteiger partial charge >= 0.3 is 5.97 Å². The molecule has 8 rings (SSSR count). The fraction of sp³-hybridized carbons (Fsp3) is 0.288. The molecule has 0 aliphatic carbocycles. The van der Waals surface area contributed by atoms with Crippen LogP contribution in [0.25, 0.3) is 16.8 Å². The molecule has 0 saturated heterocycles. The van der Waals surface area contributed by atoms with Gasteiger partial charge in [0.2, 0.25) is 0 Å². The first-order valence-corrected chi connectivity index (χ1v) is 25.0. The summed E-state index contributed by atoms with van der Waals surface area (Å²) >= 11 is 12.4. The molecule has 0 radical (unpaired) electrons. The number of fused-ring (bicyclic) bond motifs is 2. The second-order valence-electron chi connectivity index (χ2n) is 17.2. The summed E-state index contributed by atoms with van der Waals surface area (Å²) in [6.45, 7) is 8.78. The van der Waals surface area contributed by atoms with Crippen LogP contribution in [0.15, 0.2) is 108 Å². The summed E-state index contributed by atoms with van der Waals surface area (Å²) in [5, 5.41) is 15.5. The maximum absolute atomic E-state index is 14.9. The van der Waals surface area contributed by atoms with E-state index >= 15 is 0 Å². The predicted octanol–water partition coefficient (Wildman–Crippen LogP) is 9.78. The van der Waals surface area contributed by atoms with E-state index in [-0.39, 0.29) is 38.9 Å². The van der Waals surface area contributed by atoms with Crippen molar-refractivity contribution in [2.75, 3.05) is 31.1 Å².